The molecule has 5 heteroatoms. The first-order valence-electron chi connectivity index (χ1n) is 7.27. The fraction of sp³-hybridized carbons (Fsp3) is 0.375. The molecule has 1 fully saturated rings. The number of piperidine rings is 1. The van der Waals surface area contributed by atoms with E-state index < -0.39 is 0 Å². The predicted molar refractivity (Wildman–Crippen MR) is 82.6 cm³/mol. The summed E-state index contributed by atoms with van der Waals surface area (Å²) in [5, 5.41) is 4.05. The molecule has 1 aromatic heterocycles. The lowest BCUT2D eigenvalue weighted by Crippen LogP contribution is -2.44. The van der Waals surface area contributed by atoms with Gasteiger partial charge in [0.15, 0.2) is 0 Å². The van der Waals surface area contributed by atoms with Gasteiger partial charge in [0.2, 0.25) is 5.56 Å². The van der Waals surface area contributed by atoms with Crippen molar-refractivity contribution in [1.29, 1.82) is 0 Å². The van der Waals surface area contributed by atoms with Gasteiger partial charge < -0.3 is 15.2 Å². The van der Waals surface area contributed by atoms with Crippen molar-refractivity contribution in [2.24, 2.45) is 0 Å². The number of likely N-dealkylation sites (tertiary alicyclic amines) is 1. The molecule has 2 heterocycles. The molecule has 2 aromatic rings. The monoisotopic (exact) mass is 285 g/mol. The lowest BCUT2D eigenvalue weighted by Gasteiger charge is -2.32. The van der Waals surface area contributed by atoms with Crippen LogP contribution in [0.15, 0.2) is 35.1 Å². The summed E-state index contributed by atoms with van der Waals surface area (Å²) in [4.78, 5) is 29.1. The van der Waals surface area contributed by atoms with Crippen LogP contribution in [0.1, 0.15) is 23.2 Å². The van der Waals surface area contributed by atoms with Crippen LogP contribution in [0.2, 0.25) is 0 Å². The maximum atomic E-state index is 12.7. The number of pyridine rings is 1. The first kappa shape index (κ1) is 13.8. The van der Waals surface area contributed by atoms with E-state index in [0.29, 0.717) is 17.1 Å². The maximum Gasteiger partial charge on any atom is 0.254 e. The highest BCUT2D eigenvalue weighted by atomic mass is 16.2. The highest BCUT2D eigenvalue weighted by Gasteiger charge is 2.24. The molecule has 0 unspecified atom stereocenters. The SMILES string of the molecule is CNC1CCN(C(=O)c2cc(=O)[nH]c3ccccc23)CC1. The van der Waals surface area contributed by atoms with Crippen LogP contribution in [0.5, 0.6) is 0 Å². The zero-order valence-electron chi connectivity index (χ0n) is 12.1. The van der Waals surface area contributed by atoms with Crippen LogP contribution < -0.4 is 10.9 Å². The summed E-state index contributed by atoms with van der Waals surface area (Å²) in [5.74, 6) is -0.0492. The van der Waals surface area contributed by atoms with Crippen LogP contribution in [-0.2, 0) is 0 Å². The first-order chi connectivity index (χ1) is 10.2. The van der Waals surface area contributed by atoms with Crippen LogP contribution in [0.3, 0.4) is 0 Å². The van der Waals surface area contributed by atoms with Crippen molar-refractivity contribution in [3.63, 3.8) is 0 Å². The van der Waals surface area contributed by atoms with E-state index in [0.717, 1.165) is 31.3 Å². The van der Waals surface area contributed by atoms with Crippen molar-refractivity contribution >= 4 is 16.8 Å². The first-order valence-corrected chi connectivity index (χ1v) is 7.27. The van der Waals surface area contributed by atoms with E-state index in [4.69, 9.17) is 0 Å². The normalized spacial score (nSPS) is 16.3. The third kappa shape index (κ3) is 2.69. The van der Waals surface area contributed by atoms with Crippen molar-refractivity contribution in [3.05, 3.63) is 46.2 Å². The molecule has 0 saturated carbocycles. The summed E-state index contributed by atoms with van der Waals surface area (Å²) in [6, 6.07) is 9.31. The van der Waals surface area contributed by atoms with Gasteiger partial charge in [0, 0.05) is 36.1 Å². The Hall–Kier alpha value is -2.14. The number of fused-ring (bicyclic) bond motifs is 1. The molecule has 110 valence electrons. The maximum absolute atomic E-state index is 12.7. The third-order valence-corrected chi connectivity index (χ3v) is 4.17. The van der Waals surface area contributed by atoms with Gasteiger partial charge in [-0.1, -0.05) is 18.2 Å². The minimum atomic E-state index is -0.234. The summed E-state index contributed by atoms with van der Waals surface area (Å²) in [7, 11) is 1.95. The van der Waals surface area contributed by atoms with Gasteiger partial charge in [0.05, 0.1) is 5.56 Å². The quantitative estimate of drug-likeness (QED) is 0.875. The molecule has 3 rings (SSSR count). The lowest BCUT2D eigenvalue weighted by molar-refractivity contribution is 0.0709. The Morgan fingerprint density at radius 1 is 1.29 bits per heavy atom. The highest BCUT2D eigenvalue weighted by molar-refractivity contribution is 6.05. The number of benzene rings is 1. The van der Waals surface area contributed by atoms with E-state index in [2.05, 4.69) is 10.3 Å². The van der Waals surface area contributed by atoms with Crippen molar-refractivity contribution in [2.75, 3.05) is 20.1 Å². The Morgan fingerprint density at radius 3 is 2.71 bits per heavy atom. The van der Waals surface area contributed by atoms with E-state index in [-0.39, 0.29) is 11.5 Å². The Kier molecular flexibility index (Phi) is 3.75. The zero-order chi connectivity index (χ0) is 14.8. The van der Waals surface area contributed by atoms with E-state index in [1.54, 1.807) is 0 Å². The van der Waals surface area contributed by atoms with E-state index in [1.165, 1.54) is 6.07 Å². The topological polar surface area (TPSA) is 65.2 Å². The van der Waals surface area contributed by atoms with Crippen molar-refractivity contribution in [2.45, 2.75) is 18.9 Å². The van der Waals surface area contributed by atoms with E-state index in [9.17, 15) is 9.59 Å². The lowest BCUT2D eigenvalue weighted by atomic mass is 10.0. The van der Waals surface area contributed by atoms with Crippen LogP contribution in [0.25, 0.3) is 10.9 Å². The fourth-order valence-corrected chi connectivity index (χ4v) is 2.92. The van der Waals surface area contributed by atoms with Crippen LogP contribution >= 0.6 is 0 Å². The molecule has 0 atom stereocenters. The molecular weight excluding hydrogens is 266 g/mol. The smallest absolute Gasteiger partial charge is 0.254 e. The molecule has 1 amide bonds. The molecular formula is C16H19N3O2. The number of aromatic amines is 1. The molecule has 0 aliphatic carbocycles. The summed E-state index contributed by atoms with van der Waals surface area (Å²) in [6.07, 6.45) is 1.90. The molecule has 1 aliphatic heterocycles. The molecule has 0 spiro atoms. The number of hydrogen-bond donors (Lipinski definition) is 2. The second kappa shape index (κ2) is 5.69. The van der Waals surface area contributed by atoms with Gasteiger partial charge >= 0.3 is 0 Å². The van der Waals surface area contributed by atoms with Gasteiger partial charge in [-0.2, -0.15) is 0 Å². The summed E-state index contributed by atoms with van der Waals surface area (Å²) < 4.78 is 0. The Morgan fingerprint density at radius 2 is 2.00 bits per heavy atom. The van der Waals surface area contributed by atoms with E-state index >= 15 is 0 Å². The molecule has 0 radical (unpaired) electrons. The Bertz CT molecular complexity index is 715. The van der Waals surface area contributed by atoms with Gasteiger partial charge in [-0.3, -0.25) is 9.59 Å². The fourth-order valence-electron chi connectivity index (χ4n) is 2.92. The number of carbonyl (C=O) groups excluding carboxylic acids is 1. The Balaban J connectivity index is 1.93. The van der Waals surface area contributed by atoms with Gasteiger partial charge in [-0.05, 0) is 26.0 Å². The van der Waals surface area contributed by atoms with Crippen LogP contribution in [0.4, 0.5) is 0 Å². The summed E-state index contributed by atoms with van der Waals surface area (Å²) in [5.41, 5.74) is 0.970. The van der Waals surface area contributed by atoms with Gasteiger partial charge in [0.1, 0.15) is 0 Å². The minimum Gasteiger partial charge on any atom is -0.339 e. The standard InChI is InChI=1S/C16H19N3O2/c1-17-11-6-8-19(9-7-11)16(21)13-10-15(20)18-14-5-3-2-4-12(13)14/h2-5,10-11,17H,6-9H2,1H3,(H,18,20). The largest absolute Gasteiger partial charge is 0.339 e. The molecule has 21 heavy (non-hydrogen) atoms. The molecule has 1 aromatic carbocycles. The number of aromatic nitrogens is 1. The number of hydrogen-bond acceptors (Lipinski definition) is 3. The number of para-hydroxylation sites is 1. The Labute approximate surface area is 123 Å². The number of amides is 1. The zero-order valence-corrected chi connectivity index (χ0v) is 12.1. The number of carbonyl (C=O) groups is 1. The van der Waals surface area contributed by atoms with Gasteiger partial charge in [-0.25, -0.2) is 0 Å². The molecule has 2 N–H and O–H groups in total. The van der Waals surface area contributed by atoms with Gasteiger partial charge in [0.25, 0.3) is 5.91 Å². The highest BCUT2D eigenvalue weighted by Crippen LogP contribution is 2.19. The third-order valence-electron chi connectivity index (χ3n) is 4.17. The number of nitrogens with one attached hydrogen (secondary N) is 2. The second-order valence-electron chi connectivity index (χ2n) is 5.45. The number of H-pyrrole nitrogens is 1. The average Bonchev–Trinajstić information content (AvgIpc) is 2.53. The molecule has 0 bridgehead atoms. The second-order valence-corrected chi connectivity index (χ2v) is 5.45. The number of rotatable bonds is 2. The van der Waals surface area contributed by atoms with E-state index in [1.807, 2.05) is 36.2 Å². The predicted octanol–water partition coefficient (Wildman–Crippen LogP) is 1.35. The van der Waals surface area contributed by atoms with Crippen molar-refractivity contribution < 1.29 is 4.79 Å². The summed E-state index contributed by atoms with van der Waals surface area (Å²) >= 11 is 0. The average molecular weight is 285 g/mol. The molecule has 5 nitrogen and oxygen atoms in total. The minimum absolute atomic E-state index is 0.0492. The van der Waals surface area contributed by atoms with Gasteiger partial charge in [-0.15, -0.1) is 0 Å². The van der Waals surface area contributed by atoms with Crippen molar-refractivity contribution in [1.82, 2.24) is 15.2 Å². The number of nitrogens with zero attached hydrogens (tertiary/aromatic N) is 1. The van der Waals surface area contributed by atoms with Crippen LogP contribution in [-0.4, -0.2) is 42.0 Å². The molecule has 1 saturated heterocycles. The summed E-state index contributed by atoms with van der Waals surface area (Å²) in [6.45, 7) is 1.46. The van der Waals surface area contributed by atoms with Crippen molar-refractivity contribution in [3.8, 4) is 0 Å². The van der Waals surface area contributed by atoms with Crippen LogP contribution in [0, 0.1) is 0 Å². The molecule has 1 aliphatic rings.